The van der Waals surface area contributed by atoms with Crippen molar-refractivity contribution in [2.75, 3.05) is 11.5 Å². The molecular formula is C13H19NS3. The van der Waals surface area contributed by atoms with E-state index in [9.17, 15) is 0 Å². The second kappa shape index (κ2) is 8.95. The average molecular weight is 286 g/mol. The van der Waals surface area contributed by atoms with E-state index in [1.807, 2.05) is 11.8 Å². The van der Waals surface area contributed by atoms with E-state index in [4.69, 9.17) is 5.41 Å². The number of thioether (sulfide) groups is 2. The molecule has 0 saturated heterocycles. The number of allylic oxidation sites excluding steroid dienone is 3. The Morgan fingerprint density at radius 1 is 1.59 bits per heavy atom. The number of rotatable bonds is 5. The summed E-state index contributed by atoms with van der Waals surface area (Å²) in [5, 5.41) is 9.66. The third kappa shape index (κ3) is 5.40. The first-order valence-corrected chi connectivity index (χ1v) is 8.31. The van der Waals surface area contributed by atoms with Crippen LogP contribution in [0.4, 0.5) is 0 Å². The van der Waals surface area contributed by atoms with Gasteiger partial charge in [0.15, 0.2) is 0 Å². The Bertz CT molecular complexity index is 343. The summed E-state index contributed by atoms with van der Waals surface area (Å²) in [7, 11) is 0. The molecule has 0 spiro atoms. The van der Waals surface area contributed by atoms with Gasteiger partial charge < -0.3 is 5.41 Å². The van der Waals surface area contributed by atoms with Gasteiger partial charge in [-0.15, -0.1) is 11.8 Å². The molecule has 0 radical (unpaired) electrons. The van der Waals surface area contributed by atoms with Gasteiger partial charge in [-0.25, -0.2) is 0 Å². The standard InChI is InChI=1S/C13H19NS3/c1-2-6-16-13-8-12(10-15)11(9-14)5-3-4-7-17-13/h4,7-9,14-15H,2-3,5-6,10H2,1H3/b7-4+,12-11-,13-8+,14-9?. The zero-order valence-electron chi connectivity index (χ0n) is 10.1. The van der Waals surface area contributed by atoms with Gasteiger partial charge in [0.1, 0.15) is 0 Å². The number of nitrogens with one attached hydrogen (secondary N) is 1. The Morgan fingerprint density at radius 3 is 3.06 bits per heavy atom. The van der Waals surface area contributed by atoms with E-state index in [1.54, 1.807) is 11.8 Å². The van der Waals surface area contributed by atoms with Crippen molar-refractivity contribution >= 4 is 42.4 Å². The van der Waals surface area contributed by atoms with Gasteiger partial charge >= 0.3 is 0 Å². The molecule has 0 fully saturated rings. The van der Waals surface area contributed by atoms with Crippen molar-refractivity contribution in [2.45, 2.75) is 26.2 Å². The SMILES string of the molecule is CCCS/C1=C\C(CS)=C(\C=N)CC/C=C/S1. The van der Waals surface area contributed by atoms with E-state index < -0.39 is 0 Å². The van der Waals surface area contributed by atoms with Crippen LogP contribution in [-0.4, -0.2) is 17.7 Å². The lowest BCUT2D eigenvalue weighted by molar-refractivity contribution is 1.01. The Balaban J connectivity index is 2.94. The van der Waals surface area contributed by atoms with E-state index >= 15 is 0 Å². The molecule has 0 atom stereocenters. The minimum absolute atomic E-state index is 0.710. The van der Waals surface area contributed by atoms with Crippen LogP contribution in [0.3, 0.4) is 0 Å². The normalized spacial score (nSPS) is 26.4. The monoisotopic (exact) mass is 285 g/mol. The van der Waals surface area contributed by atoms with Crippen molar-refractivity contribution in [3.63, 3.8) is 0 Å². The first-order chi connectivity index (χ1) is 8.31. The molecule has 1 heterocycles. The molecule has 0 aromatic rings. The highest BCUT2D eigenvalue weighted by Crippen LogP contribution is 2.33. The smallest absolute Gasteiger partial charge is 0.0447 e. The molecule has 1 nitrogen and oxygen atoms in total. The third-order valence-electron chi connectivity index (χ3n) is 2.36. The van der Waals surface area contributed by atoms with Crippen LogP contribution in [0.15, 0.2) is 32.9 Å². The number of hydrogen-bond donors (Lipinski definition) is 2. The molecule has 1 aliphatic heterocycles. The molecule has 1 N–H and O–H groups in total. The summed E-state index contributed by atoms with van der Waals surface area (Å²) in [6.45, 7) is 2.20. The summed E-state index contributed by atoms with van der Waals surface area (Å²) >= 11 is 8.05. The highest BCUT2D eigenvalue weighted by atomic mass is 32.2. The van der Waals surface area contributed by atoms with Gasteiger partial charge in [-0.1, -0.05) is 24.8 Å². The number of thiol groups is 1. The van der Waals surface area contributed by atoms with Gasteiger partial charge in [0.25, 0.3) is 0 Å². The second-order valence-electron chi connectivity index (χ2n) is 3.69. The van der Waals surface area contributed by atoms with Gasteiger partial charge in [-0.2, -0.15) is 12.6 Å². The first kappa shape index (κ1) is 15.0. The molecule has 17 heavy (non-hydrogen) atoms. The van der Waals surface area contributed by atoms with Crippen molar-refractivity contribution in [3.05, 3.63) is 32.9 Å². The maximum Gasteiger partial charge on any atom is 0.0447 e. The van der Waals surface area contributed by atoms with E-state index in [0.29, 0.717) is 5.75 Å². The zero-order chi connectivity index (χ0) is 12.5. The molecule has 0 amide bonds. The van der Waals surface area contributed by atoms with Crippen molar-refractivity contribution in [3.8, 4) is 0 Å². The fourth-order valence-corrected chi connectivity index (χ4v) is 3.63. The Hall–Kier alpha value is -0.0600. The summed E-state index contributed by atoms with van der Waals surface area (Å²) in [5.41, 5.74) is 2.31. The average Bonchev–Trinajstić information content (AvgIpc) is 2.45. The lowest BCUT2D eigenvalue weighted by Crippen LogP contribution is -1.93. The van der Waals surface area contributed by atoms with Gasteiger partial charge in [0, 0.05) is 16.2 Å². The summed E-state index contributed by atoms with van der Waals surface area (Å²) in [4.78, 5) is 0. The fraction of sp³-hybridized carbons (Fsp3) is 0.462. The topological polar surface area (TPSA) is 23.9 Å². The lowest BCUT2D eigenvalue weighted by atomic mass is 10.1. The van der Waals surface area contributed by atoms with Gasteiger partial charge in [0.05, 0.1) is 0 Å². The van der Waals surface area contributed by atoms with E-state index in [0.717, 1.165) is 24.2 Å². The van der Waals surface area contributed by atoms with Crippen LogP contribution in [-0.2, 0) is 0 Å². The van der Waals surface area contributed by atoms with Gasteiger partial charge in [0.2, 0.25) is 0 Å². The summed E-state index contributed by atoms with van der Waals surface area (Å²) in [5.74, 6) is 1.86. The molecule has 0 aromatic carbocycles. The van der Waals surface area contributed by atoms with Gasteiger partial charge in [-0.3, -0.25) is 0 Å². The molecule has 94 valence electrons. The Kier molecular flexibility index (Phi) is 7.90. The maximum atomic E-state index is 7.49. The van der Waals surface area contributed by atoms with Crippen LogP contribution in [0.1, 0.15) is 26.2 Å². The van der Waals surface area contributed by atoms with Crippen LogP contribution in [0.5, 0.6) is 0 Å². The Labute approximate surface area is 118 Å². The molecule has 0 saturated carbocycles. The minimum Gasteiger partial charge on any atom is -0.308 e. The molecular weight excluding hydrogens is 266 g/mol. The lowest BCUT2D eigenvalue weighted by Gasteiger charge is -2.07. The van der Waals surface area contributed by atoms with Crippen LogP contribution in [0.2, 0.25) is 0 Å². The van der Waals surface area contributed by atoms with Crippen molar-refractivity contribution < 1.29 is 0 Å². The summed E-state index contributed by atoms with van der Waals surface area (Å²) in [6.07, 6.45) is 9.01. The largest absolute Gasteiger partial charge is 0.308 e. The molecule has 1 aliphatic rings. The van der Waals surface area contributed by atoms with Gasteiger partial charge in [-0.05, 0) is 47.6 Å². The van der Waals surface area contributed by atoms with Crippen molar-refractivity contribution in [2.24, 2.45) is 0 Å². The van der Waals surface area contributed by atoms with Crippen molar-refractivity contribution in [1.29, 1.82) is 5.41 Å². The predicted molar refractivity (Wildman–Crippen MR) is 86.5 cm³/mol. The minimum atomic E-state index is 0.710. The second-order valence-corrected chi connectivity index (χ2v) is 6.35. The Morgan fingerprint density at radius 2 is 2.41 bits per heavy atom. The summed E-state index contributed by atoms with van der Waals surface area (Å²) in [6, 6.07) is 0. The van der Waals surface area contributed by atoms with Crippen LogP contribution >= 0.6 is 36.2 Å². The van der Waals surface area contributed by atoms with Crippen molar-refractivity contribution in [1.82, 2.24) is 0 Å². The van der Waals surface area contributed by atoms with Crippen LogP contribution in [0, 0.1) is 5.41 Å². The molecule has 0 unspecified atom stereocenters. The van der Waals surface area contributed by atoms with E-state index in [2.05, 4.69) is 37.1 Å². The molecule has 1 rings (SSSR count). The first-order valence-electron chi connectivity index (χ1n) is 5.81. The highest BCUT2D eigenvalue weighted by Gasteiger charge is 2.06. The molecule has 0 aliphatic carbocycles. The van der Waals surface area contributed by atoms with E-state index in [-0.39, 0.29) is 0 Å². The van der Waals surface area contributed by atoms with Crippen LogP contribution < -0.4 is 0 Å². The maximum absolute atomic E-state index is 7.49. The fourth-order valence-electron chi connectivity index (χ4n) is 1.44. The zero-order valence-corrected chi connectivity index (χ0v) is 12.6. The predicted octanol–water partition coefficient (Wildman–Crippen LogP) is 4.89. The summed E-state index contributed by atoms with van der Waals surface area (Å²) < 4.78 is 1.31. The van der Waals surface area contributed by atoms with E-state index in [1.165, 1.54) is 22.4 Å². The highest BCUT2D eigenvalue weighted by molar-refractivity contribution is 8.23. The third-order valence-corrected chi connectivity index (χ3v) is 5.03. The quantitative estimate of drug-likeness (QED) is 0.555. The number of hydrogen-bond acceptors (Lipinski definition) is 4. The molecule has 4 heteroatoms. The van der Waals surface area contributed by atoms with Crippen LogP contribution in [0.25, 0.3) is 0 Å². The molecule has 0 bridgehead atoms. The molecule has 0 aromatic heterocycles.